The summed E-state index contributed by atoms with van der Waals surface area (Å²) < 4.78 is 8.99. The highest BCUT2D eigenvalue weighted by molar-refractivity contribution is 7.13. The second-order valence-electron chi connectivity index (χ2n) is 7.60. The number of para-hydroxylation sites is 1. The number of carbonyl (C=O) groups is 1. The molecule has 1 aliphatic carbocycles. The monoisotopic (exact) mass is 446 g/mol. The van der Waals surface area contributed by atoms with E-state index in [1.54, 1.807) is 40.2 Å². The average Bonchev–Trinajstić information content (AvgIpc) is 3.39. The first kappa shape index (κ1) is 20.3. The van der Waals surface area contributed by atoms with Gasteiger partial charge in [0.15, 0.2) is 5.82 Å². The molecule has 2 aromatic heterocycles. The molecule has 0 spiro atoms. The van der Waals surface area contributed by atoms with Gasteiger partial charge < -0.3 is 10.1 Å². The molecule has 0 saturated heterocycles. The van der Waals surface area contributed by atoms with Gasteiger partial charge in [0.05, 0.1) is 11.4 Å². The fraction of sp³-hybridized carbons (Fsp3) is 0.208. The average molecular weight is 447 g/mol. The van der Waals surface area contributed by atoms with Crippen molar-refractivity contribution in [1.29, 1.82) is 0 Å². The van der Waals surface area contributed by atoms with E-state index in [2.05, 4.69) is 10.4 Å². The summed E-state index contributed by atoms with van der Waals surface area (Å²) in [6.45, 7) is 0.629. The van der Waals surface area contributed by atoms with E-state index >= 15 is 0 Å². The molecule has 0 atom stereocenters. The second kappa shape index (κ2) is 8.84. The smallest absolute Gasteiger partial charge is 0.346 e. The third kappa shape index (κ3) is 4.36. The summed E-state index contributed by atoms with van der Waals surface area (Å²) in [5.74, 6) is 1.91. The van der Waals surface area contributed by atoms with E-state index < -0.39 is 0 Å². The van der Waals surface area contributed by atoms with Gasteiger partial charge in [0, 0.05) is 18.2 Å². The van der Waals surface area contributed by atoms with E-state index in [1.807, 2.05) is 47.8 Å². The Morgan fingerprint density at radius 1 is 1.03 bits per heavy atom. The standard InChI is InChI=1S/C24H22N4O3S/c29-23(17-8-12-20(13-9-17)31-19-5-2-1-3-6-19)25-14-15-27-24(30)28(18-10-11-18)22(26-27)21-7-4-16-32-21/h1-9,12-13,16,18H,10-11,14-15H2,(H,25,29). The minimum atomic E-state index is -0.204. The van der Waals surface area contributed by atoms with Crippen molar-refractivity contribution in [1.82, 2.24) is 19.7 Å². The fourth-order valence-electron chi connectivity index (χ4n) is 3.48. The van der Waals surface area contributed by atoms with Crippen LogP contribution in [0.3, 0.4) is 0 Å². The zero-order chi connectivity index (χ0) is 21.9. The van der Waals surface area contributed by atoms with Crippen molar-refractivity contribution >= 4 is 17.2 Å². The van der Waals surface area contributed by atoms with Crippen molar-refractivity contribution in [2.24, 2.45) is 0 Å². The second-order valence-corrected chi connectivity index (χ2v) is 8.55. The highest BCUT2D eigenvalue weighted by Gasteiger charge is 2.30. The van der Waals surface area contributed by atoms with E-state index in [0.29, 0.717) is 30.2 Å². The number of nitrogens with one attached hydrogen (secondary N) is 1. The minimum Gasteiger partial charge on any atom is -0.457 e. The molecule has 1 fully saturated rings. The molecule has 0 unspecified atom stereocenters. The first-order valence-electron chi connectivity index (χ1n) is 10.5. The van der Waals surface area contributed by atoms with E-state index in [-0.39, 0.29) is 17.6 Å². The topological polar surface area (TPSA) is 78.2 Å². The van der Waals surface area contributed by atoms with Crippen LogP contribution in [-0.4, -0.2) is 26.8 Å². The molecule has 5 rings (SSSR count). The molecule has 2 heterocycles. The van der Waals surface area contributed by atoms with Crippen molar-refractivity contribution in [3.05, 3.63) is 88.2 Å². The third-order valence-electron chi connectivity index (χ3n) is 5.23. The first-order valence-corrected chi connectivity index (χ1v) is 11.4. The molecule has 162 valence electrons. The van der Waals surface area contributed by atoms with Crippen LogP contribution in [-0.2, 0) is 6.54 Å². The van der Waals surface area contributed by atoms with E-state index in [0.717, 1.165) is 23.5 Å². The van der Waals surface area contributed by atoms with Crippen molar-refractivity contribution < 1.29 is 9.53 Å². The molecule has 2 aromatic carbocycles. The summed E-state index contributed by atoms with van der Waals surface area (Å²) in [5, 5.41) is 9.39. The maximum atomic E-state index is 12.8. The van der Waals surface area contributed by atoms with Crippen LogP contribution in [0.1, 0.15) is 29.2 Å². The van der Waals surface area contributed by atoms with Gasteiger partial charge in [0.2, 0.25) is 0 Å². The molecule has 8 heteroatoms. The van der Waals surface area contributed by atoms with Gasteiger partial charge in [-0.25, -0.2) is 9.48 Å². The normalized spacial score (nSPS) is 13.1. The molecule has 1 N–H and O–H groups in total. The molecule has 32 heavy (non-hydrogen) atoms. The predicted molar refractivity (Wildman–Crippen MR) is 123 cm³/mol. The van der Waals surface area contributed by atoms with Gasteiger partial charge in [-0.1, -0.05) is 24.3 Å². The maximum absolute atomic E-state index is 12.8. The van der Waals surface area contributed by atoms with Crippen molar-refractivity contribution in [2.45, 2.75) is 25.4 Å². The Kier molecular flexibility index (Phi) is 5.60. The van der Waals surface area contributed by atoms with E-state index in [1.165, 1.54) is 4.68 Å². The van der Waals surface area contributed by atoms with Gasteiger partial charge in [-0.3, -0.25) is 9.36 Å². The summed E-state index contributed by atoms with van der Waals surface area (Å²) in [7, 11) is 0. The van der Waals surface area contributed by atoms with E-state index in [9.17, 15) is 9.59 Å². The van der Waals surface area contributed by atoms with Crippen LogP contribution in [0.4, 0.5) is 0 Å². The molecular formula is C24H22N4O3S. The largest absolute Gasteiger partial charge is 0.457 e. The molecule has 0 aliphatic heterocycles. The summed E-state index contributed by atoms with van der Waals surface area (Å²) in [6, 6.07) is 20.6. The predicted octanol–water partition coefficient (Wildman–Crippen LogP) is 4.33. The number of aromatic nitrogens is 3. The van der Waals surface area contributed by atoms with Gasteiger partial charge in [-0.2, -0.15) is 0 Å². The van der Waals surface area contributed by atoms with Gasteiger partial charge in [-0.05, 0) is 60.7 Å². The lowest BCUT2D eigenvalue weighted by Crippen LogP contribution is -2.32. The van der Waals surface area contributed by atoms with Gasteiger partial charge >= 0.3 is 5.69 Å². The SMILES string of the molecule is O=C(NCCn1nc(-c2cccs2)n(C2CC2)c1=O)c1ccc(Oc2ccccc2)cc1. The number of hydrogen-bond acceptors (Lipinski definition) is 5. The van der Waals surface area contributed by atoms with Crippen LogP contribution < -0.4 is 15.7 Å². The zero-order valence-electron chi connectivity index (χ0n) is 17.3. The number of nitrogens with zero attached hydrogens (tertiary/aromatic N) is 3. The number of ether oxygens (including phenoxy) is 1. The lowest BCUT2D eigenvalue weighted by molar-refractivity contribution is 0.0951. The Morgan fingerprint density at radius 2 is 1.78 bits per heavy atom. The Hall–Kier alpha value is -3.65. The molecule has 7 nitrogen and oxygen atoms in total. The number of hydrogen-bond donors (Lipinski definition) is 1. The van der Waals surface area contributed by atoms with E-state index in [4.69, 9.17) is 4.74 Å². The Morgan fingerprint density at radius 3 is 2.47 bits per heavy atom. The lowest BCUT2D eigenvalue weighted by atomic mass is 10.2. The van der Waals surface area contributed by atoms with Crippen LogP contribution in [0.25, 0.3) is 10.7 Å². The van der Waals surface area contributed by atoms with Gasteiger partial charge in [0.25, 0.3) is 5.91 Å². The van der Waals surface area contributed by atoms with Gasteiger partial charge in [-0.15, -0.1) is 16.4 Å². The van der Waals surface area contributed by atoms with Crippen LogP contribution in [0, 0.1) is 0 Å². The quantitative estimate of drug-likeness (QED) is 0.437. The molecule has 0 bridgehead atoms. The summed E-state index contributed by atoms with van der Waals surface area (Å²) in [6.07, 6.45) is 2.01. The number of rotatable bonds is 8. The summed E-state index contributed by atoms with van der Waals surface area (Å²) in [5.41, 5.74) is 0.410. The molecule has 4 aromatic rings. The number of thiophene rings is 1. The van der Waals surface area contributed by atoms with Crippen molar-refractivity contribution in [2.75, 3.05) is 6.54 Å². The van der Waals surface area contributed by atoms with Crippen molar-refractivity contribution in [3.63, 3.8) is 0 Å². The number of amides is 1. The van der Waals surface area contributed by atoms with Crippen LogP contribution >= 0.6 is 11.3 Å². The third-order valence-corrected chi connectivity index (χ3v) is 6.09. The Bertz CT molecular complexity index is 1260. The molecular weight excluding hydrogens is 424 g/mol. The lowest BCUT2D eigenvalue weighted by Gasteiger charge is -2.07. The van der Waals surface area contributed by atoms with Gasteiger partial charge in [0.1, 0.15) is 11.5 Å². The number of benzene rings is 2. The van der Waals surface area contributed by atoms with Crippen LogP contribution in [0.15, 0.2) is 76.9 Å². The molecule has 1 saturated carbocycles. The van der Waals surface area contributed by atoms with Crippen LogP contribution in [0.2, 0.25) is 0 Å². The minimum absolute atomic E-state index is 0.118. The van der Waals surface area contributed by atoms with Crippen molar-refractivity contribution in [3.8, 4) is 22.2 Å². The Balaban J connectivity index is 1.21. The van der Waals surface area contributed by atoms with Crippen LogP contribution in [0.5, 0.6) is 11.5 Å². The highest BCUT2D eigenvalue weighted by Crippen LogP contribution is 2.37. The molecule has 1 aliphatic rings. The summed E-state index contributed by atoms with van der Waals surface area (Å²) in [4.78, 5) is 26.3. The zero-order valence-corrected chi connectivity index (χ0v) is 18.1. The molecule has 1 amide bonds. The number of carbonyl (C=O) groups excluding carboxylic acids is 1. The maximum Gasteiger partial charge on any atom is 0.346 e. The summed E-state index contributed by atoms with van der Waals surface area (Å²) >= 11 is 1.57. The highest BCUT2D eigenvalue weighted by atomic mass is 32.1. The Labute approximate surface area is 188 Å². The molecule has 0 radical (unpaired) electrons. The fourth-order valence-corrected chi connectivity index (χ4v) is 4.18. The first-order chi connectivity index (χ1) is 15.7.